The van der Waals surface area contributed by atoms with Gasteiger partial charge in [-0.3, -0.25) is 14.7 Å². The fourth-order valence-electron chi connectivity index (χ4n) is 3.54. The predicted octanol–water partition coefficient (Wildman–Crippen LogP) is 6.31. The van der Waals surface area contributed by atoms with Crippen LogP contribution in [0.3, 0.4) is 0 Å². The number of hydrogen-bond donors (Lipinski definition) is 0. The first-order chi connectivity index (χ1) is 14.5. The van der Waals surface area contributed by atoms with Crippen LogP contribution in [0.15, 0.2) is 58.6 Å². The van der Waals surface area contributed by atoms with E-state index in [9.17, 15) is 4.79 Å². The molecule has 4 nitrogen and oxygen atoms in total. The zero-order chi connectivity index (χ0) is 21.3. The van der Waals surface area contributed by atoms with Gasteiger partial charge in [0.1, 0.15) is 0 Å². The average Bonchev–Trinajstić information content (AvgIpc) is 3.22. The van der Waals surface area contributed by atoms with Crippen LogP contribution >= 0.6 is 35.0 Å². The lowest BCUT2D eigenvalue weighted by Crippen LogP contribution is -2.28. The van der Waals surface area contributed by atoms with Crippen molar-refractivity contribution in [2.24, 2.45) is 4.99 Å². The Balaban J connectivity index is 1.75. The molecule has 7 heteroatoms. The molecule has 154 valence electrons. The summed E-state index contributed by atoms with van der Waals surface area (Å²) in [5.41, 5.74) is 3.07. The molecule has 2 aromatic carbocycles. The Kier molecular flexibility index (Phi) is 6.23. The zero-order valence-corrected chi connectivity index (χ0v) is 19.1. The largest absolute Gasteiger partial charge is 0.342 e. The number of halogens is 2. The van der Waals surface area contributed by atoms with Crippen molar-refractivity contribution in [3.8, 4) is 0 Å². The van der Waals surface area contributed by atoms with Crippen LogP contribution in [0, 0.1) is 0 Å². The van der Waals surface area contributed by atoms with Gasteiger partial charge in [0.15, 0.2) is 5.17 Å². The molecule has 3 aromatic rings. The van der Waals surface area contributed by atoms with Gasteiger partial charge in [-0.15, -0.1) is 0 Å². The minimum absolute atomic E-state index is 0.00674. The van der Waals surface area contributed by atoms with E-state index in [1.165, 1.54) is 11.8 Å². The summed E-state index contributed by atoms with van der Waals surface area (Å²) in [5.74, 6) is 0.00674. The van der Waals surface area contributed by atoms with Gasteiger partial charge in [-0.1, -0.05) is 47.5 Å². The third-order valence-corrected chi connectivity index (χ3v) is 6.59. The van der Waals surface area contributed by atoms with Crippen molar-refractivity contribution in [3.63, 3.8) is 0 Å². The molecule has 0 unspecified atom stereocenters. The lowest BCUT2D eigenvalue weighted by atomic mass is 10.1. The Hall–Kier alpha value is -2.21. The Morgan fingerprint density at radius 3 is 2.67 bits per heavy atom. The van der Waals surface area contributed by atoms with E-state index < -0.39 is 0 Å². The molecule has 0 bridgehead atoms. The molecule has 0 spiro atoms. The van der Waals surface area contributed by atoms with Crippen LogP contribution in [0.1, 0.15) is 25.0 Å². The van der Waals surface area contributed by atoms with Crippen molar-refractivity contribution in [2.45, 2.75) is 20.4 Å². The number of aromatic nitrogens is 1. The molecular formula is C23H21Cl2N3OS. The first-order valence-electron chi connectivity index (χ1n) is 9.79. The quantitative estimate of drug-likeness (QED) is 0.421. The zero-order valence-electron chi connectivity index (χ0n) is 16.7. The van der Waals surface area contributed by atoms with Gasteiger partial charge in [-0.25, -0.2) is 0 Å². The van der Waals surface area contributed by atoms with Gasteiger partial charge in [0.25, 0.3) is 5.91 Å². The maximum absolute atomic E-state index is 12.9. The number of fused-ring (bicyclic) bond motifs is 1. The highest BCUT2D eigenvalue weighted by atomic mass is 35.5. The molecule has 0 atom stereocenters. The normalized spacial score (nSPS) is 17.1. The second-order valence-electron chi connectivity index (χ2n) is 6.88. The maximum Gasteiger partial charge on any atom is 0.266 e. The molecule has 0 saturated carbocycles. The highest BCUT2D eigenvalue weighted by molar-refractivity contribution is 8.18. The smallest absolute Gasteiger partial charge is 0.266 e. The van der Waals surface area contributed by atoms with Crippen molar-refractivity contribution in [2.75, 3.05) is 13.1 Å². The summed E-state index contributed by atoms with van der Waals surface area (Å²) < 4.78 is 2.15. The van der Waals surface area contributed by atoms with Crippen molar-refractivity contribution in [3.05, 3.63) is 74.7 Å². The van der Waals surface area contributed by atoms with E-state index in [1.807, 2.05) is 44.2 Å². The third-order valence-electron chi connectivity index (χ3n) is 4.96. The highest BCUT2D eigenvalue weighted by Gasteiger charge is 2.32. The summed E-state index contributed by atoms with van der Waals surface area (Å²) in [4.78, 5) is 19.7. The fraction of sp³-hybridized carbons (Fsp3) is 0.217. The predicted molar refractivity (Wildman–Crippen MR) is 128 cm³/mol. The van der Waals surface area contributed by atoms with Crippen LogP contribution in [0.2, 0.25) is 10.0 Å². The molecule has 0 N–H and O–H groups in total. The second kappa shape index (κ2) is 8.88. The number of nitrogens with zero attached hydrogens (tertiary/aromatic N) is 3. The minimum atomic E-state index is 0.00674. The van der Waals surface area contributed by atoms with Crippen molar-refractivity contribution < 1.29 is 4.79 Å². The molecular weight excluding hydrogens is 437 g/mol. The summed E-state index contributed by atoms with van der Waals surface area (Å²) in [6.07, 6.45) is 4.04. The average molecular weight is 458 g/mol. The number of carbonyl (C=O) groups is 1. The number of amides is 1. The van der Waals surface area contributed by atoms with Gasteiger partial charge in [0.2, 0.25) is 0 Å². The van der Waals surface area contributed by atoms with E-state index in [-0.39, 0.29) is 5.91 Å². The number of rotatable bonds is 5. The fourth-order valence-corrected chi connectivity index (χ4v) is 5.10. The molecule has 1 amide bonds. The SMILES string of the molecule is CCN=C1S/C(=C\c2cn(Cc3ccc(Cl)cc3Cl)c3ccccc23)C(=O)N1CC. The molecule has 1 fully saturated rings. The maximum atomic E-state index is 12.9. The van der Waals surface area contributed by atoms with E-state index in [2.05, 4.69) is 27.9 Å². The Morgan fingerprint density at radius 1 is 1.13 bits per heavy atom. The first-order valence-corrected chi connectivity index (χ1v) is 11.4. The van der Waals surface area contributed by atoms with Gasteiger partial charge in [-0.05, 0) is 55.4 Å². The number of thioether (sulfide) groups is 1. The standard InChI is InChI=1S/C23H21Cl2N3OS/c1-3-26-23-28(4-2)22(29)21(30-23)11-16-14-27(20-8-6-5-7-18(16)20)13-15-9-10-17(24)12-19(15)25/h5-12,14H,3-4,13H2,1-2H3/b21-11-,26-23?. The van der Waals surface area contributed by atoms with Crippen LogP contribution in [0.25, 0.3) is 17.0 Å². The molecule has 4 rings (SSSR count). The summed E-state index contributed by atoms with van der Waals surface area (Å²) in [5, 5.41) is 3.12. The van der Waals surface area contributed by atoms with Gasteiger partial charge in [0.05, 0.1) is 4.91 Å². The molecule has 30 heavy (non-hydrogen) atoms. The molecule has 1 aliphatic rings. The van der Waals surface area contributed by atoms with E-state index in [1.54, 1.807) is 11.0 Å². The first kappa shape index (κ1) is 21.0. The summed E-state index contributed by atoms with van der Waals surface area (Å²) in [7, 11) is 0. The van der Waals surface area contributed by atoms with Crippen molar-refractivity contribution in [1.82, 2.24) is 9.47 Å². The Bertz CT molecular complexity index is 1180. The van der Waals surface area contributed by atoms with E-state index in [0.29, 0.717) is 34.6 Å². The number of hydrogen-bond acceptors (Lipinski definition) is 3. The monoisotopic (exact) mass is 457 g/mol. The molecule has 0 radical (unpaired) electrons. The minimum Gasteiger partial charge on any atom is -0.342 e. The molecule has 1 saturated heterocycles. The molecule has 2 heterocycles. The van der Waals surface area contributed by atoms with Crippen LogP contribution in [0.5, 0.6) is 0 Å². The van der Waals surface area contributed by atoms with E-state index >= 15 is 0 Å². The topological polar surface area (TPSA) is 37.6 Å². The van der Waals surface area contributed by atoms with E-state index in [0.717, 1.165) is 27.2 Å². The van der Waals surface area contributed by atoms with Crippen molar-refractivity contribution >= 4 is 63.0 Å². The molecule has 0 aliphatic carbocycles. The summed E-state index contributed by atoms with van der Waals surface area (Å²) >= 11 is 13.9. The lowest BCUT2D eigenvalue weighted by molar-refractivity contribution is -0.122. The van der Waals surface area contributed by atoms with Crippen LogP contribution in [-0.4, -0.2) is 33.6 Å². The van der Waals surface area contributed by atoms with Gasteiger partial charge in [0, 0.05) is 52.3 Å². The number of likely N-dealkylation sites (N-methyl/N-ethyl adjacent to an activating group) is 1. The summed E-state index contributed by atoms with van der Waals surface area (Å²) in [6.45, 7) is 5.82. The second-order valence-corrected chi connectivity index (χ2v) is 8.73. The van der Waals surface area contributed by atoms with Crippen LogP contribution < -0.4 is 0 Å². The molecule has 1 aliphatic heterocycles. The Morgan fingerprint density at radius 2 is 1.93 bits per heavy atom. The Labute approximate surface area is 190 Å². The van der Waals surface area contributed by atoms with Gasteiger partial charge in [-0.2, -0.15) is 0 Å². The lowest BCUT2D eigenvalue weighted by Gasteiger charge is -2.11. The number of amidine groups is 1. The number of para-hydroxylation sites is 1. The van der Waals surface area contributed by atoms with E-state index in [4.69, 9.17) is 23.2 Å². The third kappa shape index (κ3) is 4.02. The van der Waals surface area contributed by atoms with Crippen LogP contribution in [-0.2, 0) is 11.3 Å². The molecule has 1 aromatic heterocycles. The van der Waals surface area contributed by atoms with Gasteiger partial charge < -0.3 is 4.57 Å². The number of benzene rings is 2. The van der Waals surface area contributed by atoms with Crippen LogP contribution in [0.4, 0.5) is 0 Å². The number of aliphatic imine (C=N–C) groups is 1. The van der Waals surface area contributed by atoms with Gasteiger partial charge >= 0.3 is 0 Å². The number of carbonyl (C=O) groups excluding carboxylic acids is 1. The summed E-state index contributed by atoms with van der Waals surface area (Å²) in [6, 6.07) is 13.7. The van der Waals surface area contributed by atoms with Crippen molar-refractivity contribution in [1.29, 1.82) is 0 Å². The highest BCUT2D eigenvalue weighted by Crippen LogP contribution is 2.34.